The van der Waals surface area contributed by atoms with Crippen LogP contribution in [0.15, 0.2) is 0 Å². The molecule has 4 nitrogen and oxygen atoms in total. The first-order valence-electron chi connectivity index (χ1n) is 9.10. The van der Waals surface area contributed by atoms with E-state index in [2.05, 4.69) is 27.8 Å². The van der Waals surface area contributed by atoms with Crippen molar-refractivity contribution >= 4 is 0 Å². The fourth-order valence-corrected chi connectivity index (χ4v) is 4.07. The number of hydrogen-bond acceptors (Lipinski definition) is 3. The zero-order chi connectivity index (χ0) is 16.2. The molecule has 1 saturated heterocycles. The van der Waals surface area contributed by atoms with Crippen molar-refractivity contribution in [3.8, 4) is 0 Å². The number of rotatable bonds is 6. The molecule has 1 aliphatic carbocycles. The van der Waals surface area contributed by atoms with Gasteiger partial charge in [0, 0.05) is 0 Å². The van der Waals surface area contributed by atoms with Crippen LogP contribution in [-0.2, 0) is 9.47 Å². The number of aliphatic hydroxyl groups is 1. The van der Waals surface area contributed by atoms with E-state index in [4.69, 9.17) is 9.47 Å². The molecule has 0 aromatic heterocycles. The SMILES string of the molecule is CC(C)[C@@H]1CC[C@H](C)C[C@H]1OC[C@H](O)C[N+]1(C)CCOCC1. The fraction of sp³-hybridized carbons (Fsp3) is 1.00. The maximum absolute atomic E-state index is 10.4. The molecule has 4 atom stereocenters. The van der Waals surface area contributed by atoms with Crippen LogP contribution in [-0.4, -0.2) is 68.3 Å². The lowest BCUT2D eigenvalue weighted by Gasteiger charge is -2.40. The number of likely N-dealkylation sites (N-methyl/N-ethyl adjacent to an activating group) is 1. The lowest BCUT2D eigenvalue weighted by molar-refractivity contribution is -0.919. The zero-order valence-corrected chi connectivity index (χ0v) is 15.0. The van der Waals surface area contributed by atoms with Gasteiger partial charge in [0.05, 0.1) is 33.0 Å². The third-order valence-electron chi connectivity index (χ3n) is 5.67. The minimum absolute atomic E-state index is 0.327. The van der Waals surface area contributed by atoms with Crippen molar-refractivity contribution < 1.29 is 19.1 Å². The Hall–Kier alpha value is -0.160. The molecule has 0 spiro atoms. The van der Waals surface area contributed by atoms with Crippen LogP contribution in [0.2, 0.25) is 0 Å². The maximum Gasteiger partial charge on any atom is 0.126 e. The molecule has 2 rings (SSSR count). The lowest BCUT2D eigenvalue weighted by atomic mass is 9.75. The van der Waals surface area contributed by atoms with E-state index in [-0.39, 0.29) is 6.10 Å². The molecule has 0 aromatic rings. The van der Waals surface area contributed by atoms with Gasteiger partial charge in [-0.25, -0.2) is 0 Å². The Morgan fingerprint density at radius 2 is 1.91 bits per heavy atom. The first-order chi connectivity index (χ1) is 10.4. The highest BCUT2D eigenvalue weighted by Gasteiger charge is 2.33. The van der Waals surface area contributed by atoms with E-state index in [1.807, 2.05) is 0 Å². The average molecular weight is 314 g/mol. The minimum atomic E-state index is -0.367. The number of morpholine rings is 1. The molecule has 130 valence electrons. The summed E-state index contributed by atoms with van der Waals surface area (Å²) in [5.41, 5.74) is 0. The minimum Gasteiger partial charge on any atom is -0.385 e. The summed E-state index contributed by atoms with van der Waals surface area (Å²) < 4.78 is 12.5. The smallest absolute Gasteiger partial charge is 0.126 e. The van der Waals surface area contributed by atoms with Gasteiger partial charge >= 0.3 is 0 Å². The van der Waals surface area contributed by atoms with Crippen molar-refractivity contribution in [3.05, 3.63) is 0 Å². The van der Waals surface area contributed by atoms with Crippen molar-refractivity contribution in [1.29, 1.82) is 0 Å². The summed E-state index contributed by atoms with van der Waals surface area (Å²) in [6.45, 7) is 11.8. The standard InChI is InChI=1S/C18H36NO3/c1-14(2)17-6-5-15(3)11-18(17)22-13-16(20)12-19(4)7-9-21-10-8-19/h14-18,20H,5-13H2,1-4H3/q+1/t15-,16+,17-,18+/m0/s1. The number of hydrogen-bond donors (Lipinski definition) is 1. The van der Waals surface area contributed by atoms with E-state index >= 15 is 0 Å². The van der Waals surface area contributed by atoms with Gasteiger partial charge in [-0.15, -0.1) is 0 Å². The van der Waals surface area contributed by atoms with Crippen LogP contribution < -0.4 is 0 Å². The Labute approximate surface area is 136 Å². The van der Waals surface area contributed by atoms with Crippen LogP contribution >= 0.6 is 0 Å². The van der Waals surface area contributed by atoms with Gasteiger partial charge in [-0.05, 0) is 30.6 Å². The number of aliphatic hydroxyl groups excluding tert-OH is 1. The molecule has 1 heterocycles. The van der Waals surface area contributed by atoms with E-state index in [0.717, 1.165) is 49.7 Å². The molecule has 1 aliphatic heterocycles. The van der Waals surface area contributed by atoms with E-state index in [1.165, 1.54) is 12.8 Å². The summed E-state index contributed by atoms with van der Waals surface area (Å²) >= 11 is 0. The third-order valence-corrected chi connectivity index (χ3v) is 5.67. The van der Waals surface area contributed by atoms with E-state index in [0.29, 0.717) is 24.5 Å². The van der Waals surface area contributed by atoms with Crippen molar-refractivity contribution in [2.45, 2.75) is 52.2 Å². The van der Waals surface area contributed by atoms with Gasteiger partial charge in [-0.2, -0.15) is 0 Å². The second kappa shape index (κ2) is 8.09. The van der Waals surface area contributed by atoms with Crippen LogP contribution in [0.5, 0.6) is 0 Å². The molecule has 1 N–H and O–H groups in total. The van der Waals surface area contributed by atoms with Crippen molar-refractivity contribution in [2.24, 2.45) is 17.8 Å². The molecular formula is C18H36NO3+. The number of quaternary nitrogens is 1. The molecule has 0 unspecified atom stereocenters. The average Bonchev–Trinajstić information content (AvgIpc) is 2.45. The first-order valence-corrected chi connectivity index (χ1v) is 9.10. The largest absolute Gasteiger partial charge is 0.385 e. The molecule has 0 radical (unpaired) electrons. The second-order valence-electron chi connectivity index (χ2n) is 8.21. The van der Waals surface area contributed by atoms with Gasteiger partial charge in [-0.1, -0.05) is 27.2 Å². The van der Waals surface area contributed by atoms with Crippen LogP contribution in [0.3, 0.4) is 0 Å². The molecule has 1 saturated carbocycles. The monoisotopic (exact) mass is 314 g/mol. The highest BCUT2D eigenvalue weighted by molar-refractivity contribution is 4.81. The Bertz CT molecular complexity index is 328. The summed E-state index contributed by atoms with van der Waals surface area (Å²) in [7, 11) is 2.21. The molecule has 2 aliphatic rings. The first kappa shape index (κ1) is 18.2. The summed E-state index contributed by atoms with van der Waals surface area (Å²) in [5, 5.41) is 10.4. The quantitative estimate of drug-likeness (QED) is 0.765. The highest BCUT2D eigenvalue weighted by atomic mass is 16.5. The predicted octanol–water partition coefficient (Wildman–Crippen LogP) is 2.30. The second-order valence-corrected chi connectivity index (χ2v) is 8.21. The molecule has 22 heavy (non-hydrogen) atoms. The van der Waals surface area contributed by atoms with E-state index in [1.54, 1.807) is 0 Å². The van der Waals surface area contributed by atoms with E-state index in [9.17, 15) is 5.11 Å². The molecule has 0 bridgehead atoms. The van der Waals surface area contributed by atoms with Gasteiger partial charge < -0.3 is 19.1 Å². The molecule has 0 amide bonds. The number of ether oxygens (including phenoxy) is 2. The van der Waals surface area contributed by atoms with Gasteiger partial charge in [0.25, 0.3) is 0 Å². The van der Waals surface area contributed by atoms with Crippen LogP contribution in [0, 0.1) is 17.8 Å². The Morgan fingerprint density at radius 1 is 1.23 bits per heavy atom. The maximum atomic E-state index is 10.4. The molecule has 2 fully saturated rings. The van der Waals surface area contributed by atoms with Crippen molar-refractivity contribution in [1.82, 2.24) is 0 Å². The Kier molecular flexibility index (Phi) is 6.69. The Balaban J connectivity index is 1.79. The van der Waals surface area contributed by atoms with Crippen LogP contribution in [0.25, 0.3) is 0 Å². The van der Waals surface area contributed by atoms with Crippen LogP contribution in [0.1, 0.15) is 40.0 Å². The van der Waals surface area contributed by atoms with Gasteiger partial charge in [0.15, 0.2) is 0 Å². The summed E-state index contributed by atoms with van der Waals surface area (Å²) in [6.07, 6.45) is 3.70. The summed E-state index contributed by atoms with van der Waals surface area (Å²) in [5.74, 6) is 2.07. The van der Waals surface area contributed by atoms with Crippen molar-refractivity contribution in [3.63, 3.8) is 0 Å². The Morgan fingerprint density at radius 3 is 2.55 bits per heavy atom. The molecular weight excluding hydrogens is 278 g/mol. The topological polar surface area (TPSA) is 38.7 Å². The lowest BCUT2D eigenvalue weighted by Crippen LogP contribution is -2.56. The highest BCUT2D eigenvalue weighted by Crippen LogP contribution is 2.35. The predicted molar refractivity (Wildman–Crippen MR) is 88.7 cm³/mol. The third kappa shape index (κ3) is 5.19. The van der Waals surface area contributed by atoms with Crippen molar-refractivity contribution in [2.75, 3.05) is 46.5 Å². The fourth-order valence-electron chi connectivity index (χ4n) is 4.07. The summed E-state index contributed by atoms with van der Waals surface area (Å²) in [4.78, 5) is 0. The number of nitrogens with zero attached hydrogens (tertiary/aromatic N) is 1. The van der Waals surface area contributed by atoms with Crippen LogP contribution in [0.4, 0.5) is 0 Å². The van der Waals surface area contributed by atoms with Gasteiger partial charge in [0.2, 0.25) is 0 Å². The van der Waals surface area contributed by atoms with E-state index < -0.39 is 0 Å². The van der Waals surface area contributed by atoms with Gasteiger partial charge in [-0.3, -0.25) is 0 Å². The zero-order valence-electron chi connectivity index (χ0n) is 15.0. The summed E-state index contributed by atoms with van der Waals surface area (Å²) in [6, 6.07) is 0. The normalized spacial score (nSPS) is 33.8. The molecule has 4 heteroatoms. The van der Waals surface area contributed by atoms with Gasteiger partial charge in [0.1, 0.15) is 25.7 Å². The molecule has 0 aromatic carbocycles.